The average Bonchev–Trinajstić information content (AvgIpc) is 2.66. The molecule has 0 saturated heterocycles. The summed E-state index contributed by atoms with van der Waals surface area (Å²) in [4.78, 5) is 23.2. The van der Waals surface area contributed by atoms with Crippen molar-refractivity contribution in [3.63, 3.8) is 0 Å². The largest absolute Gasteiger partial charge is 0.492 e. The minimum absolute atomic E-state index is 0.0702. The Balaban J connectivity index is 1.78. The molecule has 4 N–H and O–H groups in total. The van der Waals surface area contributed by atoms with Crippen molar-refractivity contribution in [3.05, 3.63) is 54.1 Å². The second-order valence-corrected chi connectivity index (χ2v) is 5.24. The Hall–Kier alpha value is -3.66. The molecular weight excluding hydrogens is 346 g/mol. The van der Waals surface area contributed by atoms with E-state index in [4.69, 9.17) is 15.2 Å². The minimum atomic E-state index is -0.566. The summed E-state index contributed by atoms with van der Waals surface area (Å²) < 4.78 is 10.9. The van der Waals surface area contributed by atoms with Crippen molar-refractivity contribution in [2.75, 3.05) is 25.1 Å². The van der Waals surface area contributed by atoms with Crippen LogP contribution in [-0.2, 0) is 0 Å². The molecule has 0 saturated carbocycles. The molecule has 0 fully saturated rings. The molecule has 2 aromatic rings. The van der Waals surface area contributed by atoms with Crippen LogP contribution < -0.4 is 25.8 Å². The summed E-state index contributed by atoms with van der Waals surface area (Å²) >= 11 is 0. The van der Waals surface area contributed by atoms with Gasteiger partial charge < -0.3 is 25.8 Å². The van der Waals surface area contributed by atoms with Gasteiger partial charge >= 0.3 is 6.03 Å². The standard InChI is InChI=1S/C20H21N3O4/c1-2-26-18-12-6-4-10-16(18)23-20(25)22-13-7-8-14-27-17-11-5-3-9-15(17)19(21)24/h3-6,9-12H,2,13-14H2,1H3,(H2,21,24)(H2,22,23,25). The summed E-state index contributed by atoms with van der Waals surface area (Å²) in [5.41, 5.74) is 6.15. The van der Waals surface area contributed by atoms with Crippen LogP contribution in [0.1, 0.15) is 17.3 Å². The van der Waals surface area contributed by atoms with Crippen molar-refractivity contribution in [1.29, 1.82) is 0 Å². The molecule has 7 nitrogen and oxygen atoms in total. The number of nitrogens with one attached hydrogen (secondary N) is 2. The Morgan fingerprint density at radius 2 is 1.70 bits per heavy atom. The molecule has 0 radical (unpaired) electrons. The van der Waals surface area contributed by atoms with Gasteiger partial charge in [0.15, 0.2) is 0 Å². The van der Waals surface area contributed by atoms with Crippen molar-refractivity contribution in [2.45, 2.75) is 6.92 Å². The van der Waals surface area contributed by atoms with Crippen LogP contribution in [0.2, 0.25) is 0 Å². The second-order valence-electron chi connectivity index (χ2n) is 5.24. The number of carbonyl (C=O) groups excluding carboxylic acids is 2. The van der Waals surface area contributed by atoms with Gasteiger partial charge in [-0.2, -0.15) is 0 Å². The number of primary amides is 1. The molecule has 0 unspecified atom stereocenters. The number of amides is 3. The van der Waals surface area contributed by atoms with Crippen molar-refractivity contribution in [3.8, 4) is 23.3 Å². The summed E-state index contributed by atoms with van der Waals surface area (Å²) in [7, 11) is 0. The molecule has 27 heavy (non-hydrogen) atoms. The number of rotatable bonds is 7. The van der Waals surface area contributed by atoms with Gasteiger partial charge in [-0.1, -0.05) is 36.1 Å². The number of anilines is 1. The predicted octanol–water partition coefficient (Wildman–Crippen LogP) is 2.39. The number of hydrogen-bond acceptors (Lipinski definition) is 4. The smallest absolute Gasteiger partial charge is 0.320 e. The van der Waals surface area contributed by atoms with Gasteiger partial charge in [-0.05, 0) is 31.2 Å². The second kappa shape index (κ2) is 10.4. The lowest BCUT2D eigenvalue weighted by atomic mass is 10.2. The Morgan fingerprint density at radius 1 is 1.00 bits per heavy atom. The van der Waals surface area contributed by atoms with Gasteiger partial charge in [-0.3, -0.25) is 4.79 Å². The van der Waals surface area contributed by atoms with E-state index in [1.54, 1.807) is 42.5 Å². The lowest BCUT2D eigenvalue weighted by Gasteiger charge is -2.11. The van der Waals surface area contributed by atoms with E-state index < -0.39 is 11.9 Å². The lowest BCUT2D eigenvalue weighted by molar-refractivity contribution is 0.0997. The molecule has 7 heteroatoms. The maximum atomic E-state index is 11.9. The van der Waals surface area contributed by atoms with E-state index in [9.17, 15) is 9.59 Å². The number of para-hydroxylation sites is 3. The van der Waals surface area contributed by atoms with E-state index in [1.807, 2.05) is 13.0 Å². The first-order valence-corrected chi connectivity index (χ1v) is 8.35. The SMILES string of the molecule is CCOc1ccccc1NC(=O)NCC#CCOc1ccccc1C(N)=O. The molecule has 0 heterocycles. The Bertz CT molecular complexity index is 856. The van der Waals surface area contributed by atoms with Crippen molar-refractivity contribution >= 4 is 17.6 Å². The molecule has 2 aromatic carbocycles. The van der Waals surface area contributed by atoms with E-state index in [0.29, 0.717) is 29.4 Å². The summed E-state index contributed by atoms with van der Waals surface area (Å²) in [6.07, 6.45) is 0. The Labute approximate surface area is 157 Å². The normalized spacial score (nSPS) is 9.52. The highest BCUT2D eigenvalue weighted by Gasteiger charge is 2.07. The zero-order valence-electron chi connectivity index (χ0n) is 15.0. The summed E-state index contributed by atoms with van der Waals surface area (Å²) in [6.45, 7) is 2.59. The van der Waals surface area contributed by atoms with E-state index >= 15 is 0 Å². The zero-order valence-corrected chi connectivity index (χ0v) is 15.0. The highest BCUT2D eigenvalue weighted by molar-refractivity contribution is 5.95. The van der Waals surface area contributed by atoms with Crippen LogP contribution in [0.25, 0.3) is 0 Å². The first kappa shape index (κ1) is 19.7. The summed E-state index contributed by atoms with van der Waals surface area (Å²) in [5, 5.41) is 5.33. The molecule has 2 rings (SSSR count). The van der Waals surface area contributed by atoms with Crippen molar-refractivity contribution in [2.24, 2.45) is 5.73 Å². The van der Waals surface area contributed by atoms with E-state index in [0.717, 1.165) is 0 Å². The number of hydrogen-bond donors (Lipinski definition) is 3. The Kier molecular flexibility index (Phi) is 7.54. The molecular formula is C20H21N3O4. The fourth-order valence-corrected chi connectivity index (χ4v) is 2.17. The monoisotopic (exact) mass is 367 g/mol. The van der Waals surface area contributed by atoms with Crippen LogP contribution >= 0.6 is 0 Å². The number of carbonyl (C=O) groups is 2. The van der Waals surface area contributed by atoms with Gasteiger partial charge in [0.25, 0.3) is 5.91 Å². The molecule has 0 aliphatic rings. The molecule has 0 aliphatic heterocycles. The molecule has 140 valence electrons. The van der Waals surface area contributed by atoms with Crippen molar-refractivity contribution < 1.29 is 19.1 Å². The van der Waals surface area contributed by atoms with Crippen LogP contribution in [0.3, 0.4) is 0 Å². The van der Waals surface area contributed by atoms with E-state index in [1.165, 1.54) is 0 Å². The maximum Gasteiger partial charge on any atom is 0.320 e. The maximum absolute atomic E-state index is 11.9. The number of urea groups is 1. The Morgan fingerprint density at radius 3 is 2.44 bits per heavy atom. The fraction of sp³-hybridized carbons (Fsp3) is 0.200. The third-order valence-electron chi connectivity index (χ3n) is 3.35. The van der Waals surface area contributed by atoms with Gasteiger partial charge in [0.05, 0.1) is 24.4 Å². The summed E-state index contributed by atoms with van der Waals surface area (Å²) in [5.74, 6) is 5.93. The number of nitrogens with two attached hydrogens (primary N) is 1. The van der Waals surface area contributed by atoms with Gasteiger partial charge in [0.1, 0.15) is 18.1 Å². The molecule has 3 amide bonds. The van der Waals surface area contributed by atoms with Crippen LogP contribution in [-0.4, -0.2) is 31.7 Å². The van der Waals surface area contributed by atoms with Crippen LogP contribution in [0.15, 0.2) is 48.5 Å². The van der Waals surface area contributed by atoms with E-state index in [2.05, 4.69) is 22.5 Å². The van der Waals surface area contributed by atoms with Crippen LogP contribution in [0.4, 0.5) is 10.5 Å². The van der Waals surface area contributed by atoms with Gasteiger partial charge in [-0.15, -0.1) is 0 Å². The lowest BCUT2D eigenvalue weighted by Crippen LogP contribution is -2.29. The highest BCUT2D eigenvalue weighted by atomic mass is 16.5. The topological polar surface area (TPSA) is 103 Å². The van der Waals surface area contributed by atoms with Crippen LogP contribution in [0, 0.1) is 11.8 Å². The number of ether oxygens (including phenoxy) is 2. The highest BCUT2D eigenvalue weighted by Crippen LogP contribution is 2.23. The third kappa shape index (κ3) is 6.29. The molecule has 0 atom stereocenters. The fourth-order valence-electron chi connectivity index (χ4n) is 2.17. The van der Waals surface area contributed by atoms with Crippen LogP contribution in [0.5, 0.6) is 11.5 Å². The molecule has 0 spiro atoms. The molecule has 0 bridgehead atoms. The zero-order chi connectivity index (χ0) is 19.5. The minimum Gasteiger partial charge on any atom is -0.492 e. The first-order valence-electron chi connectivity index (χ1n) is 8.35. The summed E-state index contributed by atoms with van der Waals surface area (Å²) in [6, 6.07) is 13.4. The predicted molar refractivity (Wildman–Crippen MR) is 103 cm³/mol. The quantitative estimate of drug-likeness (QED) is 0.654. The van der Waals surface area contributed by atoms with Crippen molar-refractivity contribution in [1.82, 2.24) is 5.32 Å². The molecule has 0 aromatic heterocycles. The molecule has 0 aliphatic carbocycles. The van der Waals surface area contributed by atoms with Gasteiger partial charge in [0.2, 0.25) is 0 Å². The average molecular weight is 367 g/mol. The van der Waals surface area contributed by atoms with Gasteiger partial charge in [-0.25, -0.2) is 4.79 Å². The third-order valence-corrected chi connectivity index (χ3v) is 3.35. The number of benzene rings is 2. The first-order chi connectivity index (χ1) is 13.1. The van der Waals surface area contributed by atoms with Gasteiger partial charge in [0, 0.05) is 0 Å². The van der Waals surface area contributed by atoms with E-state index in [-0.39, 0.29) is 13.2 Å².